The van der Waals surface area contributed by atoms with E-state index < -0.39 is 0 Å². The fourth-order valence-corrected chi connectivity index (χ4v) is 2.01. The first-order valence-electron chi connectivity index (χ1n) is 5.21. The minimum Gasteiger partial charge on any atom is -0.265 e. The molecule has 0 atom stereocenters. The van der Waals surface area contributed by atoms with Crippen LogP contribution in [0.4, 0.5) is 0 Å². The molecule has 0 amide bonds. The van der Waals surface area contributed by atoms with E-state index >= 15 is 0 Å². The highest BCUT2D eigenvalue weighted by atomic mass is 15.3. The second kappa shape index (κ2) is 3.45. The monoisotopic (exact) mass is 209 g/mol. The molecule has 78 valence electrons. The van der Waals surface area contributed by atoms with E-state index in [0.29, 0.717) is 0 Å². The van der Waals surface area contributed by atoms with Gasteiger partial charge in [0.2, 0.25) is 0 Å². The van der Waals surface area contributed by atoms with Crippen LogP contribution in [0.1, 0.15) is 5.56 Å². The zero-order chi connectivity index (χ0) is 11.0. The largest absolute Gasteiger partial charge is 0.265 e. The highest BCUT2D eigenvalue weighted by molar-refractivity contribution is 5.97. The molecule has 0 aliphatic carbocycles. The summed E-state index contributed by atoms with van der Waals surface area (Å²) in [5.74, 6) is 0. The summed E-state index contributed by atoms with van der Waals surface area (Å²) in [6.45, 7) is 2.12. The van der Waals surface area contributed by atoms with Crippen LogP contribution in [-0.2, 0) is 0 Å². The first-order chi connectivity index (χ1) is 7.86. The Hall–Kier alpha value is -2.16. The molecule has 0 saturated heterocycles. The summed E-state index contributed by atoms with van der Waals surface area (Å²) in [6.07, 6.45) is 1.82. The number of fused-ring (bicyclic) bond motifs is 1. The number of hydrogen-bond acceptors (Lipinski definition) is 2. The van der Waals surface area contributed by atoms with Crippen LogP contribution in [-0.4, -0.2) is 15.4 Å². The third kappa shape index (κ3) is 1.29. The van der Waals surface area contributed by atoms with Gasteiger partial charge in [-0.3, -0.25) is 5.10 Å². The topological polar surface area (TPSA) is 41.6 Å². The summed E-state index contributed by atoms with van der Waals surface area (Å²) in [5, 5.41) is 13.0. The van der Waals surface area contributed by atoms with Crippen molar-refractivity contribution in [3.8, 4) is 11.3 Å². The molecule has 0 saturated carbocycles. The summed E-state index contributed by atoms with van der Waals surface area (Å²) in [7, 11) is 0. The first kappa shape index (κ1) is 9.09. The van der Waals surface area contributed by atoms with E-state index in [2.05, 4.69) is 52.7 Å². The van der Waals surface area contributed by atoms with E-state index in [9.17, 15) is 0 Å². The molecule has 0 aliphatic rings. The Morgan fingerprint density at radius 2 is 1.81 bits per heavy atom. The van der Waals surface area contributed by atoms with E-state index in [-0.39, 0.29) is 0 Å². The normalized spacial score (nSPS) is 10.8. The van der Waals surface area contributed by atoms with Crippen LogP contribution in [0.3, 0.4) is 0 Å². The minimum absolute atomic E-state index is 0.885. The van der Waals surface area contributed by atoms with Crippen LogP contribution < -0.4 is 0 Å². The van der Waals surface area contributed by atoms with E-state index in [1.165, 1.54) is 16.3 Å². The van der Waals surface area contributed by atoms with Crippen LogP contribution in [0.5, 0.6) is 0 Å². The van der Waals surface area contributed by atoms with Crippen molar-refractivity contribution in [2.45, 2.75) is 6.92 Å². The summed E-state index contributed by atoms with van der Waals surface area (Å²) >= 11 is 0. The Balaban J connectivity index is 2.39. The second-order valence-electron chi connectivity index (χ2n) is 3.83. The Morgan fingerprint density at radius 3 is 2.56 bits per heavy atom. The van der Waals surface area contributed by atoms with Crippen molar-refractivity contribution in [3.05, 3.63) is 48.2 Å². The molecule has 0 unspecified atom stereocenters. The lowest BCUT2D eigenvalue weighted by molar-refractivity contribution is 0.942. The number of aromatic amines is 1. The molecule has 1 N–H and O–H groups in total. The third-order valence-corrected chi connectivity index (χ3v) is 2.83. The molecule has 3 rings (SSSR count). The van der Waals surface area contributed by atoms with Crippen LogP contribution in [0.2, 0.25) is 0 Å². The lowest BCUT2D eigenvalue weighted by Gasteiger charge is -2.06. The van der Waals surface area contributed by atoms with Gasteiger partial charge in [-0.15, -0.1) is 5.10 Å². The van der Waals surface area contributed by atoms with Crippen molar-refractivity contribution in [2.24, 2.45) is 0 Å². The Morgan fingerprint density at radius 1 is 1.00 bits per heavy atom. The molecule has 2 aromatic carbocycles. The molecule has 1 heterocycles. The third-order valence-electron chi connectivity index (χ3n) is 2.83. The number of aryl methyl sites for hydroxylation is 1. The van der Waals surface area contributed by atoms with Crippen molar-refractivity contribution in [1.82, 2.24) is 15.4 Å². The van der Waals surface area contributed by atoms with Crippen molar-refractivity contribution < 1.29 is 0 Å². The second-order valence-corrected chi connectivity index (χ2v) is 3.83. The molecule has 0 bridgehead atoms. The van der Waals surface area contributed by atoms with Crippen LogP contribution >= 0.6 is 0 Å². The van der Waals surface area contributed by atoms with Gasteiger partial charge in [-0.25, -0.2) is 0 Å². The number of benzene rings is 2. The van der Waals surface area contributed by atoms with Gasteiger partial charge in [0.1, 0.15) is 5.69 Å². The molecule has 0 aliphatic heterocycles. The van der Waals surface area contributed by atoms with E-state index in [0.717, 1.165) is 11.3 Å². The Labute approximate surface area is 93.1 Å². The number of aromatic nitrogens is 3. The summed E-state index contributed by atoms with van der Waals surface area (Å²) in [4.78, 5) is 0. The zero-order valence-corrected chi connectivity index (χ0v) is 8.94. The van der Waals surface area contributed by atoms with Gasteiger partial charge in [0.25, 0.3) is 0 Å². The molecule has 0 fully saturated rings. The molecule has 16 heavy (non-hydrogen) atoms. The van der Waals surface area contributed by atoms with E-state index in [1.807, 2.05) is 12.3 Å². The number of rotatable bonds is 1. The quantitative estimate of drug-likeness (QED) is 0.669. The van der Waals surface area contributed by atoms with E-state index in [1.54, 1.807) is 0 Å². The zero-order valence-electron chi connectivity index (χ0n) is 8.94. The maximum Gasteiger partial charge on any atom is 0.113 e. The fraction of sp³-hybridized carbons (Fsp3) is 0.0769. The molecular formula is C13H11N3. The molecule has 0 spiro atoms. The van der Waals surface area contributed by atoms with Crippen molar-refractivity contribution in [1.29, 1.82) is 0 Å². The number of H-pyrrole nitrogens is 1. The molecular weight excluding hydrogens is 198 g/mol. The molecule has 3 nitrogen and oxygen atoms in total. The summed E-state index contributed by atoms with van der Waals surface area (Å²) in [6, 6.07) is 12.6. The lowest BCUT2D eigenvalue weighted by Crippen LogP contribution is -1.84. The predicted molar refractivity (Wildman–Crippen MR) is 64.1 cm³/mol. The molecule has 0 radical (unpaired) electrons. The van der Waals surface area contributed by atoms with Gasteiger partial charge in [0, 0.05) is 5.56 Å². The standard InChI is InChI=1S/C13H11N3/c1-9-6-7-12(13-8-14-16-15-13)11-5-3-2-4-10(9)11/h2-8H,1H3,(H,14,15,16). The van der Waals surface area contributed by atoms with Gasteiger partial charge >= 0.3 is 0 Å². The van der Waals surface area contributed by atoms with Crippen LogP contribution in [0, 0.1) is 6.92 Å². The Bertz CT molecular complexity index is 627. The van der Waals surface area contributed by atoms with Crippen LogP contribution in [0.25, 0.3) is 22.0 Å². The maximum absolute atomic E-state index is 4.06. The lowest BCUT2D eigenvalue weighted by atomic mass is 9.99. The van der Waals surface area contributed by atoms with Gasteiger partial charge in [-0.05, 0) is 23.3 Å². The minimum atomic E-state index is 0.885. The number of nitrogens with zero attached hydrogens (tertiary/aromatic N) is 2. The average molecular weight is 209 g/mol. The highest BCUT2D eigenvalue weighted by Crippen LogP contribution is 2.28. The summed E-state index contributed by atoms with van der Waals surface area (Å²) in [5.41, 5.74) is 3.29. The maximum atomic E-state index is 4.06. The van der Waals surface area contributed by atoms with Crippen molar-refractivity contribution in [3.63, 3.8) is 0 Å². The average Bonchev–Trinajstić information content (AvgIpc) is 2.83. The SMILES string of the molecule is Cc1ccc(-c2c[nH]nn2)c2ccccc12. The van der Waals surface area contributed by atoms with Gasteiger partial charge in [0.05, 0.1) is 6.20 Å². The first-order valence-corrected chi connectivity index (χ1v) is 5.21. The predicted octanol–water partition coefficient (Wildman–Crippen LogP) is 2.93. The molecule has 3 heteroatoms. The highest BCUT2D eigenvalue weighted by Gasteiger charge is 2.06. The van der Waals surface area contributed by atoms with E-state index in [4.69, 9.17) is 0 Å². The summed E-state index contributed by atoms with van der Waals surface area (Å²) < 4.78 is 0. The van der Waals surface area contributed by atoms with Gasteiger partial charge in [-0.2, -0.15) is 0 Å². The smallest absolute Gasteiger partial charge is 0.113 e. The van der Waals surface area contributed by atoms with Gasteiger partial charge in [0.15, 0.2) is 0 Å². The Kier molecular flexibility index (Phi) is 1.96. The van der Waals surface area contributed by atoms with Gasteiger partial charge < -0.3 is 0 Å². The van der Waals surface area contributed by atoms with Crippen molar-refractivity contribution in [2.75, 3.05) is 0 Å². The fourth-order valence-electron chi connectivity index (χ4n) is 2.01. The number of hydrogen-bond donors (Lipinski definition) is 1. The van der Waals surface area contributed by atoms with Crippen molar-refractivity contribution >= 4 is 10.8 Å². The number of nitrogens with one attached hydrogen (secondary N) is 1. The molecule has 3 aromatic rings. The molecule has 1 aromatic heterocycles. The van der Waals surface area contributed by atoms with Gasteiger partial charge in [-0.1, -0.05) is 41.6 Å². The van der Waals surface area contributed by atoms with Crippen LogP contribution in [0.15, 0.2) is 42.6 Å².